The van der Waals surface area contributed by atoms with Gasteiger partial charge in [0.25, 0.3) is 0 Å². The first kappa shape index (κ1) is 18.5. The topological polar surface area (TPSA) is 67.2 Å². The molecule has 0 fully saturated rings. The molecule has 0 saturated carbocycles. The molecule has 2 aromatic carbocycles. The third kappa shape index (κ3) is 4.11. The van der Waals surface area contributed by atoms with Gasteiger partial charge in [-0.25, -0.2) is 4.98 Å². The lowest BCUT2D eigenvalue weighted by molar-refractivity contribution is -0.126. The van der Waals surface area contributed by atoms with Gasteiger partial charge in [-0.05, 0) is 58.5 Å². The number of nitrogens with one attached hydrogen (secondary N) is 2. The van der Waals surface area contributed by atoms with Gasteiger partial charge < -0.3 is 15.1 Å². The van der Waals surface area contributed by atoms with Gasteiger partial charge in [0.1, 0.15) is 5.52 Å². The number of aromatic nitrogens is 1. The lowest BCUT2D eigenvalue weighted by atomic mass is 9.96. The molecule has 1 heterocycles. The number of rotatable bonds is 2. The zero-order chi connectivity index (χ0) is 18.9. The van der Waals surface area contributed by atoms with Gasteiger partial charge in [-0.2, -0.15) is 0 Å². The molecule has 2 N–H and O–H groups in total. The highest BCUT2D eigenvalue weighted by Crippen LogP contribution is 2.30. The second-order valence-electron chi connectivity index (χ2n) is 6.84. The molecule has 0 aliphatic heterocycles. The minimum Gasteiger partial charge on any atom is -0.436 e. The number of hydrogen-bond acceptors (Lipinski definition) is 4. The largest absolute Gasteiger partial charge is 0.436 e. The predicted octanol–water partition coefficient (Wildman–Crippen LogP) is 5.12. The van der Waals surface area contributed by atoms with Crippen molar-refractivity contribution in [2.24, 2.45) is 5.41 Å². The van der Waals surface area contributed by atoms with Crippen molar-refractivity contribution in [1.82, 2.24) is 10.3 Å². The SMILES string of the molecule is CC(C)(C)C(=O)NC(=S)Nc1ccc2oc(-c3ccccc3Br)nc2c1. The molecule has 3 aromatic rings. The Kier molecular flexibility index (Phi) is 5.11. The standard InChI is InChI=1S/C19H18BrN3O2S/c1-19(2,3)17(24)23-18(26)21-11-8-9-15-14(10-11)22-16(25-15)12-6-4-5-7-13(12)20/h4-10H,1-3H3,(H2,21,23,24,26). The molecule has 7 heteroatoms. The Hall–Kier alpha value is -2.25. The lowest BCUT2D eigenvalue weighted by Crippen LogP contribution is -2.41. The minimum absolute atomic E-state index is 0.145. The van der Waals surface area contributed by atoms with Crippen molar-refractivity contribution in [2.75, 3.05) is 5.32 Å². The molecular formula is C19H18BrN3O2S. The predicted molar refractivity (Wildman–Crippen MR) is 111 cm³/mol. The van der Waals surface area contributed by atoms with E-state index in [9.17, 15) is 4.79 Å². The summed E-state index contributed by atoms with van der Waals surface area (Å²) in [6, 6.07) is 13.2. The van der Waals surface area contributed by atoms with Crippen molar-refractivity contribution >= 4 is 56.0 Å². The van der Waals surface area contributed by atoms with Crippen LogP contribution in [0.2, 0.25) is 0 Å². The number of oxazole rings is 1. The van der Waals surface area contributed by atoms with Crippen molar-refractivity contribution in [2.45, 2.75) is 20.8 Å². The number of hydrogen-bond donors (Lipinski definition) is 2. The van der Waals surface area contributed by atoms with E-state index < -0.39 is 5.41 Å². The number of carbonyl (C=O) groups excluding carboxylic acids is 1. The van der Waals surface area contributed by atoms with Gasteiger partial charge in [0.05, 0.1) is 5.56 Å². The number of halogens is 1. The molecule has 3 rings (SSSR count). The summed E-state index contributed by atoms with van der Waals surface area (Å²) < 4.78 is 6.75. The first-order chi connectivity index (χ1) is 12.2. The van der Waals surface area contributed by atoms with Crippen LogP contribution in [-0.4, -0.2) is 16.0 Å². The van der Waals surface area contributed by atoms with Gasteiger partial charge in [-0.15, -0.1) is 0 Å². The maximum atomic E-state index is 12.0. The smallest absolute Gasteiger partial charge is 0.231 e. The molecule has 0 spiro atoms. The fourth-order valence-corrected chi connectivity index (χ4v) is 2.87. The van der Waals surface area contributed by atoms with Gasteiger partial charge in [0.2, 0.25) is 11.8 Å². The quantitative estimate of drug-likeness (QED) is 0.551. The molecular weight excluding hydrogens is 414 g/mol. The summed E-state index contributed by atoms with van der Waals surface area (Å²) in [6.07, 6.45) is 0. The van der Waals surface area contributed by atoms with Crippen LogP contribution in [0.1, 0.15) is 20.8 Å². The average Bonchev–Trinajstić information content (AvgIpc) is 2.97. The van der Waals surface area contributed by atoms with E-state index in [0.29, 0.717) is 17.0 Å². The zero-order valence-electron chi connectivity index (χ0n) is 14.6. The summed E-state index contributed by atoms with van der Waals surface area (Å²) in [5, 5.41) is 5.94. The van der Waals surface area contributed by atoms with Crippen LogP contribution in [0.25, 0.3) is 22.6 Å². The summed E-state index contributed by atoms with van der Waals surface area (Å²) >= 11 is 8.72. The molecule has 134 valence electrons. The first-order valence-electron chi connectivity index (χ1n) is 8.02. The van der Waals surface area contributed by atoms with Crippen LogP contribution in [-0.2, 0) is 4.79 Å². The van der Waals surface area contributed by atoms with E-state index in [4.69, 9.17) is 16.6 Å². The molecule has 0 saturated heterocycles. The third-order valence-corrected chi connectivity index (χ3v) is 4.55. The van der Waals surface area contributed by atoms with Crippen LogP contribution in [0.15, 0.2) is 51.4 Å². The van der Waals surface area contributed by atoms with E-state index in [1.54, 1.807) is 0 Å². The van der Waals surface area contributed by atoms with Gasteiger partial charge >= 0.3 is 0 Å². The molecule has 0 bridgehead atoms. The van der Waals surface area contributed by atoms with E-state index in [2.05, 4.69) is 31.5 Å². The van der Waals surface area contributed by atoms with E-state index in [1.165, 1.54) is 0 Å². The summed E-state index contributed by atoms with van der Waals surface area (Å²) in [6.45, 7) is 5.49. The number of nitrogens with zero attached hydrogens (tertiary/aromatic N) is 1. The fourth-order valence-electron chi connectivity index (χ4n) is 2.21. The highest BCUT2D eigenvalue weighted by molar-refractivity contribution is 9.10. The van der Waals surface area contributed by atoms with Crippen molar-refractivity contribution in [3.8, 4) is 11.5 Å². The molecule has 0 atom stereocenters. The summed E-state index contributed by atoms with van der Waals surface area (Å²) in [7, 11) is 0. The van der Waals surface area contributed by atoms with E-state index >= 15 is 0 Å². The summed E-state index contributed by atoms with van der Waals surface area (Å²) in [5.41, 5.74) is 2.46. The fraction of sp³-hybridized carbons (Fsp3) is 0.211. The minimum atomic E-state index is -0.514. The maximum absolute atomic E-state index is 12.0. The maximum Gasteiger partial charge on any atom is 0.231 e. The normalized spacial score (nSPS) is 11.4. The van der Waals surface area contributed by atoms with E-state index in [-0.39, 0.29) is 11.0 Å². The lowest BCUT2D eigenvalue weighted by Gasteiger charge is -2.18. The molecule has 0 aliphatic carbocycles. The Balaban J connectivity index is 1.81. The second kappa shape index (κ2) is 7.17. The Morgan fingerprint density at radius 1 is 1.19 bits per heavy atom. The monoisotopic (exact) mass is 431 g/mol. The molecule has 0 radical (unpaired) electrons. The third-order valence-electron chi connectivity index (χ3n) is 3.66. The van der Waals surface area contributed by atoms with Gasteiger partial charge in [0, 0.05) is 15.6 Å². The Labute approximate surface area is 165 Å². The number of benzene rings is 2. The van der Waals surface area contributed by atoms with E-state index in [0.717, 1.165) is 15.7 Å². The van der Waals surface area contributed by atoms with Crippen LogP contribution in [0.3, 0.4) is 0 Å². The van der Waals surface area contributed by atoms with Crippen molar-refractivity contribution in [3.05, 3.63) is 46.9 Å². The molecule has 5 nitrogen and oxygen atoms in total. The van der Waals surface area contributed by atoms with Gasteiger partial charge in [-0.1, -0.05) is 32.9 Å². The van der Waals surface area contributed by atoms with Gasteiger partial charge in [-0.3, -0.25) is 4.79 Å². The second-order valence-corrected chi connectivity index (χ2v) is 8.10. The Bertz CT molecular complexity index is 992. The van der Waals surface area contributed by atoms with Crippen LogP contribution in [0.4, 0.5) is 5.69 Å². The molecule has 0 unspecified atom stereocenters. The van der Waals surface area contributed by atoms with Crippen molar-refractivity contribution in [3.63, 3.8) is 0 Å². The van der Waals surface area contributed by atoms with Crippen molar-refractivity contribution < 1.29 is 9.21 Å². The number of anilines is 1. The molecule has 1 aromatic heterocycles. The van der Waals surface area contributed by atoms with Crippen LogP contribution in [0.5, 0.6) is 0 Å². The first-order valence-corrected chi connectivity index (χ1v) is 9.22. The van der Waals surface area contributed by atoms with Crippen LogP contribution >= 0.6 is 28.1 Å². The molecule has 0 aliphatic rings. The summed E-state index contributed by atoms with van der Waals surface area (Å²) in [5.74, 6) is 0.391. The van der Waals surface area contributed by atoms with E-state index in [1.807, 2.05) is 63.2 Å². The average molecular weight is 432 g/mol. The number of amides is 1. The Morgan fingerprint density at radius 2 is 1.92 bits per heavy atom. The van der Waals surface area contributed by atoms with Crippen molar-refractivity contribution in [1.29, 1.82) is 0 Å². The Morgan fingerprint density at radius 3 is 2.62 bits per heavy atom. The number of thiocarbonyl (C=S) groups is 1. The van der Waals surface area contributed by atoms with Crippen LogP contribution < -0.4 is 10.6 Å². The number of carbonyl (C=O) groups is 1. The van der Waals surface area contributed by atoms with Crippen LogP contribution in [0, 0.1) is 5.41 Å². The summed E-state index contributed by atoms with van der Waals surface area (Å²) in [4.78, 5) is 16.5. The highest BCUT2D eigenvalue weighted by atomic mass is 79.9. The highest BCUT2D eigenvalue weighted by Gasteiger charge is 2.22. The molecule has 26 heavy (non-hydrogen) atoms. The number of fused-ring (bicyclic) bond motifs is 1. The van der Waals surface area contributed by atoms with Gasteiger partial charge in [0.15, 0.2) is 10.7 Å². The zero-order valence-corrected chi connectivity index (χ0v) is 17.0. The molecule has 1 amide bonds.